The minimum Gasteiger partial charge on any atom is -1.00 e. The van der Waals surface area contributed by atoms with Gasteiger partial charge in [0.05, 0.1) is 0 Å². The predicted molar refractivity (Wildman–Crippen MR) is 46.1 cm³/mol. The van der Waals surface area contributed by atoms with E-state index in [9.17, 15) is 0 Å². The monoisotopic (exact) mass is 168 g/mol. The summed E-state index contributed by atoms with van der Waals surface area (Å²) in [7, 11) is 0. The fraction of sp³-hybridized carbons (Fsp3) is 1.00. The summed E-state index contributed by atoms with van der Waals surface area (Å²) in [6.07, 6.45) is 8.86. The Morgan fingerprint density at radius 3 is 1.60 bits per heavy atom. The molecule has 0 radical (unpaired) electrons. The molecule has 1 fully saturated rings. The van der Waals surface area contributed by atoms with Crippen LogP contribution in [-0.2, 0) is 0 Å². The number of thioether (sulfide) groups is 1. The first kappa shape index (κ1) is 11.4. The molecule has 0 aromatic carbocycles. The van der Waals surface area contributed by atoms with E-state index in [0.717, 1.165) is 0 Å². The summed E-state index contributed by atoms with van der Waals surface area (Å²) in [6, 6.07) is 0. The molecule has 0 aliphatic carbocycles. The van der Waals surface area contributed by atoms with Gasteiger partial charge in [0, 0.05) is 0 Å². The molecule has 0 nitrogen and oxygen atoms in total. The summed E-state index contributed by atoms with van der Waals surface area (Å²) in [5.74, 6) is 2.83. The summed E-state index contributed by atoms with van der Waals surface area (Å²) < 4.78 is 0. The van der Waals surface area contributed by atoms with E-state index in [-0.39, 0.29) is 31.0 Å². The van der Waals surface area contributed by atoms with Crippen LogP contribution in [0.2, 0.25) is 0 Å². The Labute approximate surface area is 92.3 Å². The molecule has 1 aliphatic rings. The van der Waals surface area contributed by atoms with Gasteiger partial charge in [0.15, 0.2) is 0 Å². The van der Waals surface area contributed by atoms with E-state index in [1.807, 2.05) is 0 Å². The molecule has 0 saturated carbocycles. The van der Waals surface area contributed by atoms with Crippen LogP contribution in [0.15, 0.2) is 0 Å². The molecule has 0 N–H and O–H groups in total. The predicted octanol–water partition coefficient (Wildman–Crippen LogP) is 0.190. The van der Waals surface area contributed by atoms with E-state index in [2.05, 4.69) is 11.8 Å². The molecule has 2 heteroatoms. The van der Waals surface area contributed by atoms with E-state index in [1.165, 1.54) is 50.0 Å². The van der Waals surface area contributed by atoms with Crippen LogP contribution < -0.4 is 29.6 Å². The van der Waals surface area contributed by atoms with E-state index in [1.54, 1.807) is 0 Å². The van der Waals surface area contributed by atoms with Gasteiger partial charge in [0.25, 0.3) is 0 Å². The summed E-state index contributed by atoms with van der Waals surface area (Å²) >= 11 is 2.14. The van der Waals surface area contributed by atoms with Crippen molar-refractivity contribution in [3.8, 4) is 0 Å². The topological polar surface area (TPSA) is 0 Å². The Balaban J connectivity index is 0. The molecule has 1 saturated heterocycles. The molecule has 10 heavy (non-hydrogen) atoms. The maximum atomic E-state index is 2.14. The van der Waals surface area contributed by atoms with Crippen molar-refractivity contribution in [2.24, 2.45) is 0 Å². The molecule has 1 aliphatic heterocycles. The number of hydrogen-bond donors (Lipinski definition) is 0. The van der Waals surface area contributed by atoms with Crippen molar-refractivity contribution < 1.29 is 31.0 Å². The fourth-order valence-corrected chi connectivity index (χ4v) is 2.24. The molecule has 0 unspecified atom stereocenters. The zero-order valence-electron chi connectivity index (χ0n) is 8.07. The number of rotatable bonds is 0. The Morgan fingerprint density at radius 1 is 0.700 bits per heavy atom. The molecular weight excluding hydrogens is 151 g/mol. The van der Waals surface area contributed by atoms with Gasteiger partial charge in [-0.25, -0.2) is 0 Å². The maximum absolute atomic E-state index is 2.14. The van der Waals surface area contributed by atoms with Crippen LogP contribution in [-0.4, -0.2) is 11.5 Å². The Hall–Kier alpha value is 1.35. The largest absolute Gasteiger partial charge is 1.00 e. The van der Waals surface area contributed by atoms with Gasteiger partial charge in [-0.1, -0.05) is 25.7 Å². The quantitative estimate of drug-likeness (QED) is 0.465. The van der Waals surface area contributed by atoms with Crippen LogP contribution >= 0.6 is 11.8 Å². The van der Waals surface area contributed by atoms with E-state index < -0.39 is 0 Å². The van der Waals surface area contributed by atoms with Crippen LogP contribution in [0.5, 0.6) is 0 Å². The second kappa shape index (κ2) is 8.45. The van der Waals surface area contributed by atoms with Gasteiger partial charge in [-0.15, -0.1) is 0 Å². The third-order valence-corrected chi connectivity index (χ3v) is 2.98. The van der Waals surface area contributed by atoms with Crippen molar-refractivity contribution in [3.05, 3.63) is 0 Å². The van der Waals surface area contributed by atoms with Crippen molar-refractivity contribution in [3.63, 3.8) is 0 Å². The van der Waals surface area contributed by atoms with Crippen molar-refractivity contribution in [1.82, 2.24) is 0 Å². The first-order chi connectivity index (χ1) is 4.50. The average molecular weight is 168 g/mol. The fourth-order valence-electron chi connectivity index (χ4n) is 1.22. The van der Waals surface area contributed by atoms with Crippen molar-refractivity contribution >= 4 is 11.8 Å². The van der Waals surface area contributed by atoms with E-state index in [0.29, 0.717) is 0 Å². The third-order valence-electron chi connectivity index (χ3n) is 1.83. The smallest absolute Gasteiger partial charge is 1.00 e. The molecule has 0 aromatic rings. The molecule has 0 aromatic heterocycles. The van der Waals surface area contributed by atoms with Crippen LogP contribution in [0, 0.1) is 0 Å². The van der Waals surface area contributed by atoms with Crippen molar-refractivity contribution in [1.29, 1.82) is 0 Å². The van der Waals surface area contributed by atoms with Gasteiger partial charge in [0.1, 0.15) is 0 Å². The molecule has 0 spiro atoms. The first-order valence-electron chi connectivity index (χ1n) is 4.08. The zero-order valence-corrected chi connectivity index (χ0v) is 9.88. The Kier molecular flexibility index (Phi) is 9.59. The second-order valence-corrected chi connectivity index (χ2v) is 3.96. The second-order valence-electron chi connectivity index (χ2n) is 2.73. The van der Waals surface area contributed by atoms with Gasteiger partial charge in [-0.3, -0.25) is 0 Å². The van der Waals surface area contributed by atoms with E-state index in [4.69, 9.17) is 0 Å². The zero-order chi connectivity index (χ0) is 6.36. The number of hydrogen-bond acceptors (Lipinski definition) is 1. The first-order valence-corrected chi connectivity index (χ1v) is 5.23. The van der Waals surface area contributed by atoms with E-state index >= 15 is 0 Å². The molecule has 1 heterocycles. The summed E-state index contributed by atoms with van der Waals surface area (Å²) in [5.41, 5.74) is 0. The Morgan fingerprint density at radius 2 is 1.10 bits per heavy atom. The molecule has 56 valence electrons. The van der Waals surface area contributed by atoms with Crippen LogP contribution in [0.4, 0.5) is 0 Å². The van der Waals surface area contributed by atoms with Gasteiger partial charge in [-0.2, -0.15) is 11.8 Å². The van der Waals surface area contributed by atoms with Crippen molar-refractivity contribution in [2.45, 2.75) is 38.5 Å². The summed E-state index contributed by atoms with van der Waals surface area (Å²) in [5, 5.41) is 0. The van der Waals surface area contributed by atoms with Crippen LogP contribution in [0.25, 0.3) is 0 Å². The standard InChI is InChI=1S/C8H16S.Na.H/c1-2-4-6-8-9-7-5-3-1;;/h1-8H2;;/q;+1;-1. The normalized spacial score (nSPS) is 21.6. The maximum Gasteiger partial charge on any atom is 1.00 e. The molecule has 0 atom stereocenters. The average Bonchev–Trinajstić information content (AvgIpc) is 2.00. The van der Waals surface area contributed by atoms with Gasteiger partial charge < -0.3 is 1.43 Å². The Bertz CT molecular complexity index is 42.6. The summed E-state index contributed by atoms with van der Waals surface area (Å²) in [6.45, 7) is 0. The third kappa shape index (κ3) is 6.09. The van der Waals surface area contributed by atoms with Gasteiger partial charge >= 0.3 is 29.6 Å². The van der Waals surface area contributed by atoms with Gasteiger partial charge in [-0.05, 0) is 24.3 Å². The van der Waals surface area contributed by atoms with Crippen LogP contribution in [0.1, 0.15) is 40.0 Å². The molecular formula is C8H17NaS. The molecule has 0 amide bonds. The SMILES string of the molecule is C1CCCCSCCC1.[H-].[Na+]. The minimum atomic E-state index is 0. The summed E-state index contributed by atoms with van der Waals surface area (Å²) in [4.78, 5) is 0. The molecule has 1 rings (SSSR count). The minimum absolute atomic E-state index is 0. The van der Waals surface area contributed by atoms with Gasteiger partial charge in [0.2, 0.25) is 0 Å². The van der Waals surface area contributed by atoms with Crippen molar-refractivity contribution in [2.75, 3.05) is 11.5 Å². The molecule has 0 bridgehead atoms. The van der Waals surface area contributed by atoms with Crippen LogP contribution in [0.3, 0.4) is 0 Å².